The number of fused-ring (bicyclic) bond motifs is 1. The van der Waals surface area contributed by atoms with Crippen LogP contribution >= 0.6 is 0 Å². The van der Waals surface area contributed by atoms with Crippen LogP contribution in [0.3, 0.4) is 0 Å². The Kier molecular flexibility index (Phi) is 4.23. The van der Waals surface area contributed by atoms with Crippen LogP contribution in [0.15, 0.2) is 59.1 Å². The summed E-state index contributed by atoms with van der Waals surface area (Å²) in [6.45, 7) is 0.457. The van der Waals surface area contributed by atoms with E-state index < -0.39 is 0 Å². The molecular formula is C20H18N2O4. The Hall–Kier alpha value is -3.41. The fraction of sp³-hybridized carbons (Fsp3) is 0.150. The molecule has 0 spiro atoms. The predicted octanol–water partition coefficient (Wildman–Crippen LogP) is 4.42. The van der Waals surface area contributed by atoms with Gasteiger partial charge in [-0.3, -0.25) is 0 Å². The summed E-state index contributed by atoms with van der Waals surface area (Å²) in [6.07, 6.45) is 1.61. The Balaban J connectivity index is 1.71. The first-order chi connectivity index (χ1) is 12.8. The molecule has 0 saturated carbocycles. The van der Waals surface area contributed by atoms with Crippen molar-refractivity contribution in [1.29, 1.82) is 0 Å². The molecule has 0 radical (unpaired) electrons. The van der Waals surface area contributed by atoms with Gasteiger partial charge < -0.3 is 23.6 Å². The van der Waals surface area contributed by atoms with E-state index in [0.29, 0.717) is 41.2 Å². The van der Waals surface area contributed by atoms with Crippen molar-refractivity contribution in [2.45, 2.75) is 6.61 Å². The van der Waals surface area contributed by atoms with Gasteiger partial charge in [0.1, 0.15) is 23.7 Å². The van der Waals surface area contributed by atoms with Gasteiger partial charge in [0.2, 0.25) is 5.88 Å². The van der Waals surface area contributed by atoms with Gasteiger partial charge in [-0.25, -0.2) is 4.98 Å². The molecule has 1 N–H and O–H groups in total. The highest BCUT2D eigenvalue weighted by Crippen LogP contribution is 2.36. The molecule has 0 aliphatic rings. The zero-order valence-electron chi connectivity index (χ0n) is 14.5. The van der Waals surface area contributed by atoms with Gasteiger partial charge >= 0.3 is 0 Å². The molecule has 26 heavy (non-hydrogen) atoms. The summed E-state index contributed by atoms with van der Waals surface area (Å²) in [7, 11) is 3.19. The number of hydrogen-bond acceptors (Lipinski definition) is 5. The van der Waals surface area contributed by atoms with E-state index in [0.717, 1.165) is 10.9 Å². The second-order valence-electron chi connectivity index (χ2n) is 5.72. The lowest BCUT2D eigenvalue weighted by Gasteiger charge is -2.09. The number of H-pyrrole nitrogens is 1. The topological polar surface area (TPSA) is 69.5 Å². The summed E-state index contributed by atoms with van der Waals surface area (Å²) in [5.74, 6) is 3.11. The van der Waals surface area contributed by atoms with E-state index in [-0.39, 0.29) is 0 Å². The van der Waals surface area contributed by atoms with Crippen LogP contribution in [0, 0.1) is 0 Å². The van der Waals surface area contributed by atoms with E-state index in [1.807, 2.05) is 48.5 Å². The number of nitrogens with zero attached hydrogens (tertiary/aromatic N) is 1. The average Bonchev–Trinajstić information content (AvgIpc) is 3.33. The zero-order valence-corrected chi connectivity index (χ0v) is 14.5. The monoisotopic (exact) mass is 350 g/mol. The van der Waals surface area contributed by atoms with Crippen LogP contribution < -0.4 is 14.2 Å². The van der Waals surface area contributed by atoms with E-state index in [2.05, 4.69) is 9.97 Å². The molecule has 0 aliphatic heterocycles. The fourth-order valence-electron chi connectivity index (χ4n) is 2.71. The van der Waals surface area contributed by atoms with Crippen molar-refractivity contribution in [3.63, 3.8) is 0 Å². The molecule has 2 aromatic heterocycles. The number of aromatic amines is 1. The van der Waals surface area contributed by atoms with Crippen molar-refractivity contribution in [1.82, 2.24) is 9.97 Å². The number of nitrogens with one attached hydrogen (secondary N) is 1. The maximum Gasteiger partial charge on any atom is 0.211 e. The maximum absolute atomic E-state index is 6.03. The van der Waals surface area contributed by atoms with Gasteiger partial charge in [0.15, 0.2) is 11.6 Å². The van der Waals surface area contributed by atoms with Crippen molar-refractivity contribution in [2.75, 3.05) is 14.2 Å². The van der Waals surface area contributed by atoms with Crippen molar-refractivity contribution >= 4 is 11.0 Å². The molecule has 6 heteroatoms. The molecule has 2 heterocycles. The number of rotatable bonds is 6. The normalized spacial score (nSPS) is 10.8. The highest BCUT2D eigenvalue weighted by atomic mass is 16.5. The van der Waals surface area contributed by atoms with E-state index in [9.17, 15) is 0 Å². The molecule has 0 bridgehead atoms. The third-order valence-corrected chi connectivity index (χ3v) is 4.05. The van der Waals surface area contributed by atoms with Gasteiger partial charge in [0.25, 0.3) is 0 Å². The molecule has 0 saturated heterocycles. The molecule has 4 rings (SSSR count). The molecule has 2 aromatic carbocycles. The molecule has 0 atom stereocenters. The van der Waals surface area contributed by atoms with Gasteiger partial charge in [-0.1, -0.05) is 30.3 Å². The largest absolute Gasteiger partial charge is 0.496 e. The van der Waals surface area contributed by atoms with Crippen molar-refractivity contribution in [3.05, 3.63) is 60.3 Å². The molecule has 0 unspecified atom stereocenters. The highest BCUT2D eigenvalue weighted by molar-refractivity contribution is 5.89. The Labute approximate surface area is 150 Å². The summed E-state index contributed by atoms with van der Waals surface area (Å²) >= 11 is 0. The van der Waals surface area contributed by atoms with E-state index in [1.54, 1.807) is 20.4 Å². The zero-order chi connectivity index (χ0) is 17.9. The van der Waals surface area contributed by atoms with Crippen LogP contribution in [-0.2, 0) is 6.61 Å². The summed E-state index contributed by atoms with van der Waals surface area (Å²) in [4.78, 5) is 7.32. The van der Waals surface area contributed by atoms with Crippen molar-refractivity contribution < 1.29 is 18.6 Å². The first-order valence-electron chi connectivity index (χ1n) is 8.14. The van der Waals surface area contributed by atoms with Crippen LogP contribution in [0.25, 0.3) is 22.6 Å². The molecule has 0 fully saturated rings. The van der Waals surface area contributed by atoms with Gasteiger partial charge in [-0.05, 0) is 11.6 Å². The third kappa shape index (κ3) is 3.09. The van der Waals surface area contributed by atoms with Crippen LogP contribution in [0.1, 0.15) is 5.56 Å². The minimum atomic E-state index is 0.457. The summed E-state index contributed by atoms with van der Waals surface area (Å²) in [5.41, 5.74) is 1.75. The van der Waals surface area contributed by atoms with Crippen LogP contribution in [-0.4, -0.2) is 24.2 Å². The first kappa shape index (κ1) is 16.1. The lowest BCUT2D eigenvalue weighted by molar-refractivity contribution is 0.307. The second-order valence-corrected chi connectivity index (χ2v) is 5.72. The Bertz CT molecular complexity index is 1020. The molecular weight excluding hydrogens is 332 g/mol. The Morgan fingerprint density at radius 2 is 1.88 bits per heavy atom. The predicted molar refractivity (Wildman–Crippen MR) is 97.7 cm³/mol. The smallest absolute Gasteiger partial charge is 0.211 e. The lowest BCUT2D eigenvalue weighted by atomic mass is 10.2. The van der Waals surface area contributed by atoms with Gasteiger partial charge in [-0.15, -0.1) is 0 Å². The number of benzene rings is 2. The van der Waals surface area contributed by atoms with Gasteiger partial charge in [0, 0.05) is 12.1 Å². The van der Waals surface area contributed by atoms with E-state index >= 15 is 0 Å². The number of ether oxygens (including phenoxy) is 3. The van der Waals surface area contributed by atoms with E-state index in [4.69, 9.17) is 18.6 Å². The third-order valence-electron chi connectivity index (χ3n) is 4.05. The first-order valence-corrected chi connectivity index (χ1v) is 8.14. The lowest BCUT2D eigenvalue weighted by Crippen LogP contribution is -1.96. The fourth-order valence-corrected chi connectivity index (χ4v) is 2.71. The molecule has 0 amide bonds. The summed E-state index contributed by atoms with van der Waals surface area (Å²) in [6, 6.07) is 15.6. The molecule has 6 nitrogen and oxygen atoms in total. The van der Waals surface area contributed by atoms with Gasteiger partial charge in [-0.2, -0.15) is 0 Å². The average molecular weight is 350 g/mol. The summed E-state index contributed by atoms with van der Waals surface area (Å²) < 4.78 is 22.5. The molecule has 132 valence electrons. The number of methoxy groups -OCH3 is 2. The van der Waals surface area contributed by atoms with Crippen LogP contribution in [0.5, 0.6) is 17.4 Å². The molecule has 0 aliphatic carbocycles. The number of furan rings is 1. The Morgan fingerprint density at radius 3 is 2.62 bits per heavy atom. The van der Waals surface area contributed by atoms with Crippen LogP contribution in [0.2, 0.25) is 0 Å². The SMILES string of the molecule is COc1cc(OCc2ccccc2)c2cc(-c3ncc(OC)[nH]3)oc2c1. The standard InChI is InChI=1S/C20H18N2O4/c1-23-14-8-16(25-12-13-6-4-3-5-7-13)15-10-18(26-17(15)9-14)20-21-11-19(22-20)24-2/h3-11H,12H2,1-2H3,(H,21,22). The number of hydrogen-bond donors (Lipinski definition) is 1. The minimum absolute atomic E-state index is 0.457. The maximum atomic E-state index is 6.03. The molecule has 4 aromatic rings. The number of imidazole rings is 1. The number of aromatic nitrogens is 2. The van der Waals surface area contributed by atoms with Crippen LogP contribution in [0.4, 0.5) is 0 Å². The summed E-state index contributed by atoms with van der Waals surface area (Å²) in [5, 5.41) is 0.854. The minimum Gasteiger partial charge on any atom is -0.496 e. The second kappa shape index (κ2) is 6.84. The van der Waals surface area contributed by atoms with Crippen molar-refractivity contribution in [3.8, 4) is 29.0 Å². The quantitative estimate of drug-likeness (QED) is 0.557. The van der Waals surface area contributed by atoms with E-state index in [1.165, 1.54) is 0 Å². The highest BCUT2D eigenvalue weighted by Gasteiger charge is 2.15. The van der Waals surface area contributed by atoms with Crippen molar-refractivity contribution in [2.24, 2.45) is 0 Å². The Morgan fingerprint density at radius 1 is 1.04 bits per heavy atom. The van der Waals surface area contributed by atoms with Gasteiger partial charge in [0.05, 0.1) is 25.8 Å².